The van der Waals surface area contributed by atoms with E-state index in [2.05, 4.69) is 26.3 Å². The van der Waals surface area contributed by atoms with Crippen molar-refractivity contribution < 1.29 is 14.7 Å². The summed E-state index contributed by atoms with van der Waals surface area (Å²) in [6.45, 7) is 2.51. The van der Waals surface area contributed by atoms with E-state index in [1.807, 2.05) is 90.5 Å². The van der Waals surface area contributed by atoms with Crippen LogP contribution < -0.4 is 5.32 Å². The Labute approximate surface area is 222 Å². The number of hydrogen-bond donors (Lipinski definition) is 2. The third kappa shape index (κ3) is 5.32. The number of hydrogen-bond acceptors (Lipinski definition) is 3. The van der Waals surface area contributed by atoms with Gasteiger partial charge in [0.15, 0.2) is 0 Å². The maximum absolute atomic E-state index is 12.9. The number of nitrogens with one attached hydrogen (secondary N) is 1. The highest BCUT2D eigenvalue weighted by molar-refractivity contribution is 9.10. The fourth-order valence-corrected chi connectivity index (χ4v) is 4.62. The molecule has 0 fully saturated rings. The molecule has 1 heterocycles. The molecule has 1 aromatic heterocycles. The highest BCUT2D eigenvalue weighted by Gasteiger charge is 2.14. The molecule has 7 heteroatoms. The molecule has 0 spiro atoms. The molecule has 184 valence electrons. The third-order valence-electron chi connectivity index (χ3n) is 6.38. The molecule has 0 aliphatic carbocycles. The number of carboxylic acids is 1. The van der Waals surface area contributed by atoms with Crippen molar-refractivity contribution >= 4 is 38.7 Å². The minimum Gasteiger partial charge on any atom is -0.478 e. The monoisotopic (exact) mass is 553 g/mol. The molecule has 1 atom stereocenters. The number of fused-ring (bicyclic) bond motifs is 1. The quantitative estimate of drug-likeness (QED) is 0.235. The Morgan fingerprint density at radius 3 is 2.43 bits per heavy atom. The lowest BCUT2D eigenvalue weighted by Gasteiger charge is -2.14. The molecule has 2 N–H and O–H groups in total. The molecule has 6 nitrogen and oxygen atoms in total. The van der Waals surface area contributed by atoms with E-state index in [9.17, 15) is 14.7 Å². The normalized spacial score (nSPS) is 11.8. The van der Waals surface area contributed by atoms with Gasteiger partial charge in [0, 0.05) is 15.4 Å². The molecule has 37 heavy (non-hydrogen) atoms. The number of aromatic carboxylic acids is 1. The van der Waals surface area contributed by atoms with Gasteiger partial charge in [-0.25, -0.2) is 4.79 Å². The Morgan fingerprint density at radius 2 is 1.70 bits per heavy atom. The zero-order valence-electron chi connectivity index (χ0n) is 20.1. The summed E-state index contributed by atoms with van der Waals surface area (Å²) in [5, 5.41) is 17.9. The fraction of sp³-hybridized carbons (Fsp3) is 0.100. The fourth-order valence-electron chi connectivity index (χ4n) is 4.35. The molecule has 0 radical (unpaired) electrons. The molecule has 4 aromatic carbocycles. The minimum atomic E-state index is -0.946. The van der Waals surface area contributed by atoms with E-state index in [1.165, 1.54) is 0 Å². The van der Waals surface area contributed by atoms with Crippen molar-refractivity contribution in [2.24, 2.45) is 0 Å². The Hall–Kier alpha value is -4.23. The molecule has 0 unspecified atom stereocenters. The van der Waals surface area contributed by atoms with Crippen LogP contribution in [0.15, 0.2) is 102 Å². The van der Waals surface area contributed by atoms with Gasteiger partial charge in [-0.2, -0.15) is 5.10 Å². The van der Waals surface area contributed by atoms with Crippen LogP contribution in [0.4, 0.5) is 0 Å². The Morgan fingerprint density at radius 1 is 0.973 bits per heavy atom. The van der Waals surface area contributed by atoms with E-state index in [0.29, 0.717) is 17.7 Å². The molecule has 5 aromatic rings. The maximum atomic E-state index is 12.9. The molecule has 0 saturated heterocycles. The Kier molecular flexibility index (Phi) is 6.88. The lowest BCUT2D eigenvalue weighted by atomic mass is 9.99. The topological polar surface area (TPSA) is 84.2 Å². The lowest BCUT2D eigenvalue weighted by molar-refractivity contribution is 0.0697. The molecule has 1 amide bonds. The summed E-state index contributed by atoms with van der Waals surface area (Å²) in [7, 11) is 0. The highest BCUT2D eigenvalue weighted by Crippen LogP contribution is 2.25. The van der Waals surface area contributed by atoms with Crippen LogP contribution in [0.1, 0.15) is 44.8 Å². The summed E-state index contributed by atoms with van der Waals surface area (Å²) in [4.78, 5) is 24.4. The highest BCUT2D eigenvalue weighted by atomic mass is 79.9. The van der Waals surface area contributed by atoms with Gasteiger partial charge in [0.2, 0.25) is 0 Å². The number of aromatic nitrogens is 2. The van der Waals surface area contributed by atoms with Crippen molar-refractivity contribution in [3.8, 4) is 11.1 Å². The number of halogens is 1. The van der Waals surface area contributed by atoms with Crippen molar-refractivity contribution in [2.45, 2.75) is 19.5 Å². The standard InChI is InChI=1S/C30H24BrN3O3/c1-19(21-10-13-25(31)14-11-21)33-29(35)23-12-15-28-24(16-23)17-32-34(28)18-20-6-8-22(9-7-20)26-4-2-3-5-27(26)30(36)37/h2-17,19H,18H2,1H3,(H,33,35)(H,36,37)/t19-/m0/s1. The number of benzene rings is 4. The zero-order chi connectivity index (χ0) is 25.9. The van der Waals surface area contributed by atoms with Crippen LogP contribution >= 0.6 is 15.9 Å². The summed E-state index contributed by atoms with van der Waals surface area (Å²) in [5.74, 6) is -1.08. The van der Waals surface area contributed by atoms with Gasteiger partial charge in [-0.3, -0.25) is 9.48 Å². The number of carboxylic acid groups (broad SMARTS) is 1. The van der Waals surface area contributed by atoms with Crippen LogP contribution in [0, 0.1) is 0 Å². The smallest absolute Gasteiger partial charge is 0.336 e. The summed E-state index contributed by atoms with van der Waals surface area (Å²) in [6, 6.07) is 28.2. The summed E-state index contributed by atoms with van der Waals surface area (Å²) in [5.41, 5.74) is 5.38. The van der Waals surface area contributed by atoms with Gasteiger partial charge in [0.25, 0.3) is 5.91 Å². The van der Waals surface area contributed by atoms with Crippen molar-refractivity contribution in [2.75, 3.05) is 0 Å². The number of nitrogens with zero attached hydrogens (tertiary/aromatic N) is 2. The predicted octanol–water partition coefficient (Wildman–Crippen LogP) is 6.70. The zero-order valence-corrected chi connectivity index (χ0v) is 21.6. The van der Waals surface area contributed by atoms with E-state index < -0.39 is 5.97 Å². The Bertz CT molecular complexity index is 1590. The van der Waals surface area contributed by atoms with Gasteiger partial charge < -0.3 is 10.4 Å². The molecular weight excluding hydrogens is 530 g/mol. The van der Waals surface area contributed by atoms with Gasteiger partial charge in [-0.15, -0.1) is 0 Å². The van der Waals surface area contributed by atoms with Gasteiger partial charge in [-0.1, -0.05) is 70.5 Å². The van der Waals surface area contributed by atoms with Crippen molar-refractivity contribution in [3.05, 3.63) is 124 Å². The largest absolute Gasteiger partial charge is 0.478 e. The molecule has 5 rings (SSSR count). The van der Waals surface area contributed by atoms with Gasteiger partial charge in [0.05, 0.1) is 29.9 Å². The second-order valence-electron chi connectivity index (χ2n) is 8.87. The summed E-state index contributed by atoms with van der Waals surface area (Å²) in [6.07, 6.45) is 1.77. The van der Waals surface area contributed by atoms with Crippen molar-refractivity contribution in [3.63, 3.8) is 0 Å². The summed E-state index contributed by atoms with van der Waals surface area (Å²) >= 11 is 3.43. The van der Waals surface area contributed by atoms with Crippen LogP contribution in [0.3, 0.4) is 0 Å². The van der Waals surface area contributed by atoms with Crippen LogP contribution in [0.25, 0.3) is 22.0 Å². The SMILES string of the molecule is C[C@H](NC(=O)c1ccc2c(cnn2Cc2ccc(-c3ccccc3C(=O)O)cc2)c1)c1ccc(Br)cc1. The van der Waals surface area contributed by atoms with E-state index >= 15 is 0 Å². The maximum Gasteiger partial charge on any atom is 0.336 e. The van der Waals surface area contributed by atoms with Crippen molar-refractivity contribution in [1.29, 1.82) is 0 Å². The average molecular weight is 554 g/mol. The van der Waals surface area contributed by atoms with E-state index in [4.69, 9.17) is 0 Å². The van der Waals surface area contributed by atoms with E-state index in [0.717, 1.165) is 32.1 Å². The lowest BCUT2D eigenvalue weighted by Crippen LogP contribution is -2.26. The van der Waals surface area contributed by atoms with E-state index in [1.54, 1.807) is 18.3 Å². The minimum absolute atomic E-state index is 0.121. The number of amides is 1. The number of carbonyl (C=O) groups excluding carboxylic acids is 1. The first-order valence-corrected chi connectivity index (χ1v) is 12.6. The second-order valence-corrected chi connectivity index (χ2v) is 9.79. The first-order valence-electron chi connectivity index (χ1n) is 11.8. The molecular formula is C30H24BrN3O3. The van der Waals surface area contributed by atoms with Gasteiger partial charge in [-0.05, 0) is 65.6 Å². The molecule has 0 saturated carbocycles. The molecule has 0 aliphatic rings. The predicted molar refractivity (Wildman–Crippen MR) is 148 cm³/mol. The van der Waals surface area contributed by atoms with Crippen LogP contribution in [-0.4, -0.2) is 26.8 Å². The first kappa shape index (κ1) is 24.5. The van der Waals surface area contributed by atoms with Crippen LogP contribution in [-0.2, 0) is 6.54 Å². The van der Waals surface area contributed by atoms with Gasteiger partial charge >= 0.3 is 5.97 Å². The first-order chi connectivity index (χ1) is 17.9. The van der Waals surface area contributed by atoms with E-state index in [-0.39, 0.29) is 17.5 Å². The second kappa shape index (κ2) is 10.4. The average Bonchev–Trinajstić information content (AvgIpc) is 3.31. The van der Waals surface area contributed by atoms with Crippen molar-refractivity contribution in [1.82, 2.24) is 15.1 Å². The Balaban J connectivity index is 1.31. The van der Waals surface area contributed by atoms with Gasteiger partial charge in [0.1, 0.15) is 0 Å². The molecule has 0 bridgehead atoms. The number of carbonyl (C=O) groups is 2. The molecule has 0 aliphatic heterocycles. The third-order valence-corrected chi connectivity index (χ3v) is 6.91. The van der Waals surface area contributed by atoms with Crippen LogP contribution in [0.5, 0.6) is 0 Å². The summed E-state index contributed by atoms with van der Waals surface area (Å²) < 4.78 is 2.89. The number of rotatable bonds is 7. The van der Waals surface area contributed by atoms with Crippen LogP contribution in [0.2, 0.25) is 0 Å².